The third kappa shape index (κ3) is 6.28. The minimum absolute atomic E-state index is 0.153. The quantitative estimate of drug-likeness (QED) is 0.582. The molecule has 0 saturated heterocycles. The van der Waals surface area contributed by atoms with Crippen molar-refractivity contribution in [3.8, 4) is 11.5 Å². The Bertz CT molecular complexity index is 876. The second-order valence-corrected chi connectivity index (χ2v) is 7.36. The van der Waals surface area contributed by atoms with E-state index in [0.29, 0.717) is 40.1 Å². The molecular weight excluding hydrogens is 427 g/mol. The predicted octanol–water partition coefficient (Wildman–Crippen LogP) is 4.32. The molecule has 30 heavy (non-hydrogen) atoms. The van der Waals surface area contributed by atoms with Crippen LogP contribution >= 0.6 is 23.2 Å². The van der Waals surface area contributed by atoms with Gasteiger partial charge in [-0.15, -0.1) is 0 Å². The highest BCUT2D eigenvalue weighted by Gasteiger charge is 2.29. The SMILES string of the molecule is CCNC(=O)C(CC)N(Cc1ccc(Cl)cc1Cl)C(=O)COc1ccccc1OC. The highest BCUT2D eigenvalue weighted by molar-refractivity contribution is 6.35. The van der Waals surface area contributed by atoms with Gasteiger partial charge in [0.05, 0.1) is 7.11 Å². The average molecular weight is 453 g/mol. The number of halogens is 2. The number of benzene rings is 2. The summed E-state index contributed by atoms with van der Waals surface area (Å²) in [5.74, 6) is 0.401. The van der Waals surface area contributed by atoms with Crippen LogP contribution in [0.25, 0.3) is 0 Å². The van der Waals surface area contributed by atoms with Gasteiger partial charge in [-0.2, -0.15) is 0 Å². The molecule has 2 rings (SSSR count). The van der Waals surface area contributed by atoms with Crippen molar-refractivity contribution in [2.75, 3.05) is 20.3 Å². The summed E-state index contributed by atoms with van der Waals surface area (Å²) in [6, 6.07) is 11.5. The van der Waals surface area contributed by atoms with Crippen molar-refractivity contribution in [1.29, 1.82) is 0 Å². The van der Waals surface area contributed by atoms with Crippen molar-refractivity contribution in [3.05, 3.63) is 58.1 Å². The normalized spacial score (nSPS) is 11.5. The molecule has 2 amide bonds. The zero-order valence-corrected chi connectivity index (χ0v) is 18.8. The third-order valence-electron chi connectivity index (χ3n) is 4.51. The Hall–Kier alpha value is -2.44. The fraction of sp³-hybridized carbons (Fsp3) is 0.364. The molecule has 8 heteroatoms. The topological polar surface area (TPSA) is 67.9 Å². The number of hydrogen-bond donors (Lipinski definition) is 1. The second-order valence-electron chi connectivity index (χ2n) is 6.52. The van der Waals surface area contributed by atoms with Crippen LogP contribution in [0.15, 0.2) is 42.5 Å². The second kappa shape index (κ2) is 11.7. The van der Waals surface area contributed by atoms with Crippen molar-refractivity contribution in [2.45, 2.75) is 32.9 Å². The Balaban J connectivity index is 2.26. The molecule has 6 nitrogen and oxygen atoms in total. The van der Waals surface area contributed by atoms with E-state index < -0.39 is 6.04 Å². The lowest BCUT2D eigenvalue weighted by Gasteiger charge is -2.30. The number of methoxy groups -OCH3 is 1. The van der Waals surface area contributed by atoms with Crippen LogP contribution in [0.5, 0.6) is 11.5 Å². The molecule has 0 heterocycles. The van der Waals surface area contributed by atoms with Gasteiger partial charge in [0, 0.05) is 23.1 Å². The minimum atomic E-state index is -0.662. The van der Waals surface area contributed by atoms with Gasteiger partial charge in [0.1, 0.15) is 6.04 Å². The number of hydrogen-bond acceptors (Lipinski definition) is 4. The molecule has 0 radical (unpaired) electrons. The Morgan fingerprint density at radius 2 is 1.80 bits per heavy atom. The fourth-order valence-corrected chi connectivity index (χ4v) is 3.47. The molecule has 0 spiro atoms. The maximum absolute atomic E-state index is 13.1. The number of ether oxygens (including phenoxy) is 2. The van der Waals surface area contributed by atoms with Gasteiger partial charge in [0.25, 0.3) is 5.91 Å². The molecule has 0 saturated carbocycles. The van der Waals surface area contributed by atoms with E-state index in [1.54, 1.807) is 36.4 Å². The molecule has 1 atom stereocenters. The number of carbonyl (C=O) groups is 2. The Labute approximate surface area is 187 Å². The molecule has 0 aliphatic carbocycles. The summed E-state index contributed by atoms with van der Waals surface area (Å²) in [7, 11) is 1.53. The van der Waals surface area contributed by atoms with Gasteiger partial charge < -0.3 is 19.7 Å². The highest BCUT2D eigenvalue weighted by Crippen LogP contribution is 2.27. The number of carbonyl (C=O) groups excluding carboxylic acids is 2. The summed E-state index contributed by atoms with van der Waals surface area (Å²) in [4.78, 5) is 27.2. The van der Waals surface area contributed by atoms with Crippen molar-refractivity contribution in [3.63, 3.8) is 0 Å². The Kier molecular flexibility index (Phi) is 9.27. The van der Waals surface area contributed by atoms with E-state index in [2.05, 4.69) is 5.32 Å². The molecule has 1 unspecified atom stereocenters. The third-order valence-corrected chi connectivity index (χ3v) is 5.10. The first-order chi connectivity index (χ1) is 14.4. The van der Waals surface area contributed by atoms with Crippen LogP contribution in [0, 0.1) is 0 Å². The zero-order valence-electron chi connectivity index (χ0n) is 17.3. The molecule has 0 aromatic heterocycles. The lowest BCUT2D eigenvalue weighted by molar-refractivity contribution is -0.142. The van der Waals surface area contributed by atoms with E-state index in [1.165, 1.54) is 12.0 Å². The summed E-state index contributed by atoms with van der Waals surface area (Å²) >= 11 is 12.3. The van der Waals surface area contributed by atoms with Gasteiger partial charge >= 0.3 is 0 Å². The minimum Gasteiger partial charge on any atom is -0.493 e. The first-order valence-electron chi connectivity index (χ1n) is 9.68. The van der Waals surface area contributed by atoms with Crippen molar-refractivity contribution >= 4 is 35.0 Å². The summed E-state index contributed by atoms with van der Waals surface area (Å²) in [5, 5.41) is 3.71. The number of nitrogens with zero attached hydrogens (tertiary/aromatic N) is 1. The first-order valence-corrected chi connectivity index (χ1v) is 10.4. The van der Waals surface area contributed by atoms with E-state index in [9.17, 15) is 9.59 Å². The van der Waals surface area contributed by atoms with Crippen LogP contribution < -0.4 is 14.8 Å². The van der Waals surface area contributed by atoms with Crippen molar-refractivity contribution < 1.29 is 19.1 Å². The maximum atomic E-state index is 13.1. The van der Waals surface area contributed by atoms with Gasteiger partial charge in [-0.3, -0.25) is 9.59 Å². The molecule has 0 aliphatic heterocycles. The molecule has 0 bridgehead atoms. The molecule has 0 aliphatic rings. The largest absolute Gasteiger partial charge is 0.493 e. The van der Waals surface area contributed by atoms with Crippen LogP contribution in [0.4, 0.5) is 0 Å². The maximum Gasteiger partial charge on any atom is 0.261 e. The van der Waals surface area contributed by atoms with Crippen LogP contribution in [0.2, 0.25) is 10.0 Å². The number of rotatable bonds is 10. The average Bonchev–Trinajstić information content (AvgIpc) is 2.73. The molecular formula is C22H26Cl2N2O4. The van der Waals surface area contributed by atoms with E-state index in [1.807, 2.05) is 19.9 Å². The zero-order chi connectivity index (χ0) is 22.1. The molecule has 2 aromatic rings. The summed E-state index contributed by atoms with van der Waals surface area (Å²) in [5.41, 5.74) is 0.689. The van der Waals surface area contributed by atoms with Gasteiger partial charge in [-0.25, -0.2) is 0 Å². The number of likely N-dealkylation sites (N-methyl/N-ethyl adjacent to an activating group) is 1. The summed E-state index contributed by atoms with van der Waals surface area (Å²) in [6.07, 6.45) is 0.442. The molecule has 0 fully saturated rings. The van der Waals surface area contributed by atoms with Crippen LogP contribution in [0.3, 0.4) is 0 Å². The van der Waals surface area contributed by atoms with E-state index in [0.717, 1.165) is 0 Å². The summed E-state index contributed by atoms with van der Waals surface area (Å²) in [6.45, 7) is 4.06. The Morgan fingerprint density at radius 1 is 1.10 bits per heavy atom. The van der Waals surface area contributed by atoms with Crippen LogP contribution in [0.1, 0.15) is 25.8 Å². The van der Waals surface area contributed by atoms with Gasteiger partial charge in [-0.05, 0) is 43.2 Å². The van der Waals surface area contributed by atoms with Gasteiger partial charge in [0.15, 0.2) is 18.1 Å². The first kappa shape index (κ1) is 23.8. The van der Waals surface area contributed by atoms with Gasteiger partial charge in [0.2, 0.25) is 5.91 Å². The smallest absolute Gasteiger partial charge is 0.261 e. The lowest BCUT2D eigenvalue weighted by Crippen LogP contribution is -2.50. The molecule has 1 N–H and O–H groups in total. The number of para-hydroxylation sites is 2. The van der Waals surface area contributed by atoms with Crippen LogP contribution in [-0.4, -0.2) is 43.0 Å². The van der Waals surface area contributed by atoms with E-state index in [4.69, 9.17) is 32.7 Å². The van der Waals surface area contributed by atoms with E-state index in [-0.39, 0.29) is 25.0 Å². The van der Waals surface area contributed by atoms with E-state index >= 15 is 0 Å². The van der Waals surface area contributed by atoms with Crippen molar-refractivity contribution in [2.24, 2.45) is 0 Å². The molecule has 162 valence electrons. The van der Waals surface area contributed by atoms with Crippen molar-refractivity contribution in [1.82, 2.24) is 10.2 Å². The Morgan fingerprint density at radius 3 is 2.40 bits per heavy atom. The van der Waals surface area contributed by atoms with Crippen LogP contribution in [-0.2, 0) is 16.1 Å². The highest BCUT2D eigenvalue weighted by atomic mass is 35.5. The summed E-state index contributed by atoms with van der Waals surface area (Å²) < 4.78 is 10.9. The van der Waals surface area contributed by atoms with Gasteiger partial charge in [-0.1, -0.05) is 48.3 Å². The number of amides is 2. The lowest BCUT2D eigenvalue weighted by atomic mass is 10.1. The number of nitrogens with one attached hydrogen (secondary N) is 1. The monoisotopic (exact) mass is 452 g/mol. The predicted molar refractivity (Wildman–Crippen MR) is 118 cm³/mol. The molecule has 2 aromatic carbocycles. The fourth-order valence-electron chi connectivity index (χ4n) is 3.01. The standard InChI is InChI=1S/C22H26Cl2N2O4/c1-4-18(22(28)25-5-2)26(13-15-10-11-16(23)12-17(15)24)21(27)14-30-20-9-7-6-8-19(20)29-3/h6-12,18H,4-5,13-14H2,1-3H3,(H,25,28).